The number of methoxy groups -OCH3 is 1. The molecular weight excluding hydrogens is 318 g/mol. The molecule has 7 nitrogen and oxygen atoms in total. The van der Waals surface area contributed by atoms with Gasteiger partial charge in [-0.1, -0.05) is 6.07 Å². The summed E-state index contributed by atoms with van der Waals surface area (Å²) in [6.07, 6.45) is 4.68. The molecule has 2 N–H and O–H groups in total. The number of rotatable bonds is 6. The van der Waals surface area contributed by atoms with Gasteiger partial charge in [0.1, 0.15) is 11.6 Å². The molecule has 0 unspecified atom stereocenters. The zero-order valence-electron chi connectivity index (χ0n) is 14.6. The lowest BCUT2D eigenvalue weighted by molar-refractivity contribution is -0.117. The minimum Gasteiger partial charge on any atom is -0.497 e. The van der Waals surface area contributed by atoms with Gasteiger partial charge >= 0.3 is 0 Å². The molecule has 1 aromatic carbocycles. The van der Waals surface area contributed by atoms with Crippen LogP contribution in [-0.2, 0) is 11.3 Å². The molecule has 3 rings (SSSR count). The quantitative estimate of drug-likeness (QED) is 0.833. The molecule has 0 spiro atoms. The van der Waals surface area contributed by atoms with Crippen LogP contribution < -0.4 is 10.1 Å². The van der Waals surface area contributed by atoms with Crippen molar-refractivity contribution in [2.45, 2.75) is 13.0 Å². The predicted octanol–water partition coefficient (Wildman–Crippen LogP) is 1.56. The molecular formula is C18H25N5O2. The van der Waals surface area contributed by atoms with E-state index in [0.29, 0.717) is 6.54 Å². The van der Waals surface area contributed by atoms with Crippen molar-refractivity contribution in [3.8, 4) is 5.75 Å². The van der Waals surface area contributed by atoms with E-state index in [0.717, 1.165) is 56.4 Å². The van der Waals surface area contributed by atoms with Crippen LogP contribution in [0.2, 0.25) is 0 Å². The van der Waals surface area contributed by atoms with Crippen LogP contribution in [0.4, 0.5) is 5.69 Å². The first-order valence-electron chi connectivity index (χ1n) is 8.60. The van der Waals surface area contributed by atoms with Gasteiger partial charge in [-0.3, -0.25) is 14.6 Å². The van der Waals surface area contributed by atoms with E-state index in [9.17, 15) is 4.79 Å². The Kier molecular flexibility index (Phi) is 6.03. The Morgan fingerprint density at radius 1 is 1.28 bits per heavy atom. The average molecular weight is 343 g/mol. The molecule has 134 valence electrons. The van der Waals surface area contributed by atoms with Gasteiger partial charge in [-0.15, -0.1) is 0 Å². The Hall–Kier alpha value is -2.38. The van der Waals surface area contributed by atoms with Gasteiger partial charge in [-0.2, -0.15) is 0 Å². The Bertz CT molecular complexity index is 674. The number of aromatic nitrogens is 2. The fourth-order valence-corrected chi connectivity index (χ4v) is 3.04. The Labute approximate surface area is 148 Å². The molecule has 1 saturated heterocycles. The second-order valence-electron chi connectivity index (χ2n) is 6.22. The van der Waals surface area contributed by atoms with E-state index in [2.05, 4.69) is 25.1 Å². The molecule has 0 bridgehead atoms. The molecule has 1 aromatic heterocycles. The van der Waals surface area contributed by atoms with Gasteiger partial charge in [-0.25, -0.2) is 4.98 Å². The van der Waals surface area contributed by atoms with Crippen LogP contribution in [0.25, 0.3) is 0 Å². The van der Waals surface area contributed by atoms with Crippen LogP contribution in [0.15, 0.2) is 36.7 Å². The third-order valence-corrected chi connectivity index (χ3v) is 4.33. The summed E-state index contributed by atoms with van der Waals surface area (Å²) in [6.45, 7) is 5.01. The van der Waals surface area contributed by atoms with Gasteiger partial charge in [0, 0.05) is 37.2 Å². The zero-order chi connectivity index (χ0) is 17.5. The maximum absolute atomic E-state index is 12.3. The highest BCUT2D eigenvalue weighted by Gasteiger charge is 2.17. The lowest BCUT2D eigenvalue weighted by Crippen LogP contribution is -2.36. The minimum absolute atomic E-state index is 0.00716. The number of amides is 1. The Morgan fingerprint density at radius 3 is 2.92 bits per heavy atom. The van der Waals surface area contributed by atoms with Crippen molar-refractivity contribution < 1.29 is 9.53 Å². The van der Waals surface area contributed by atoms with Crippen molar-refractivity contribution in [2.24, 2.45) is 0 Å². The average Bonchev–Trinajstić information content (AvgIpc) is 3.02. The number of H-pyrrole nitrogens is 1. The van der Waals surface area contributed by atoms with Crippen LogP contribution >= 0.6 is 0 Å². The van der Waals surface area contributed by atoms with Crippen molar-refractivity contribution >= 4 is 11.6 Å². The molecule has 2 aromatic rings. The van der Waals surface area contributed by atoms with E-state index in [1.807, 2.05) is 30.5 Å². The summed E-state index contributed by atoms with van der Waals surface area (Å²) in [7, 11) is 1.62. The van der Waals surface area contributed by atoms with Crippen LogP contribution in [-0.4, -0.2) is 65.5 Å². The number of carbonyl (C=O) groups excluding carboxylic acids is 1. The molecule has 0 aliphatic carbocycles. The van der Waals surface area contributed by atoms with Gasteiger partial charge in [-0.05, 0) is 31.6 Å². The number of anilines is 1. The number of aromatic amines is 1. The molecule has 0 atom stereocenters. The summed E-state index contributed by atoms with van der Waals surface area (Å²) >= 11 is 0. The standard InChI is InChI=1S/C18H25N5O2/c1-25-16-5-2-4-15(12-16)21-18(24)14-23-9-3-8-22(10-11-23)13-17-19-6-7-20-17/h2,4-7,12H,3,8-11,13-14H2,1H3,(H,19,20)(H,21,24). The molecule has 1 amide bonds. The molecule has 1 aliphatic heterocycles. The number of hydrogen-bond donors (Lipinski definition) is 2. The number of nitrogens with one attached hydrogen (secondary N) is 2. The third-order valence-electron chi connectivity index (χ3n) is 4.33. The van der Waals surface area contributed by atoms with Crippen molar-refractivity contribution in [3.05, 3.63) is 42.5 Å². The molecule has 7 heteroatoms. The van der Waals surface area contributed by atoms with E-state index in [4.69, 9.17) is 4.74 Å². The second kappa shape index (κ2) is 8.64. The summed E-state index contributed by atoms with van der Waals surface area (Å²) in [5.74, 6) is 1.73. The number of nitrogens with zero attached hydrogens (tertiary/aromatic N) is 3. The minimum atomic E-state index is 0.00716. The smallest absolute Gasteiger partial charge is 0.238 e. The normalized spacial score (nSPS) is 16.4. The van der Waals surface area contributed by atoms with Gasteiger partial charge in [0.05, 0.1) is 20.2 Å². The van der Waals surface area contributed by atoms with Crippen LogP contribution in [0.5, 0.6) is 5.75 Å². The summed E-state index contributed by atoms with van der Waals surface area (Å²) in [5.41, 5.74) is 0.763. The monoisotopic (exact) mass is 343 g/mol. The molecule has 1 aliphatic rings. The first kappa shape index (κ1) is 17.4. The molecule has 25 heavy (non-hydrogen) atoms. The van der Waals surface area contributed by atoms with Gasteiger partial charge in [0.2, 0.25) is 5.91 Å². The van der Waals surface area contributed by atoms with Crippen molar-refractivity contribution in [1.82, 2.24) is 19.8 Å². The van der Waals surface area contributed by atoms with Crippen molar-refractivity contribution in [2.75, 3.05) is 45.2 Å². The van der Waals surface area contributed by atoms with Crippen LogP contribution in [0.1, 0.15) is 12.2 Å². The topological polar surface area (TPSA) is 73.5 Å². The highest BCUT2D eigenvalue weighted by Crippen LogP contribution is 2.16. The van der Waals surface area contributed by atoms with E-state index in [1.165, 1.54) is 0 Å². The Balaban J connectivity index is 1.46. The fourth-order valence-electron chi connectivity index (χ4n) is 3.04. The van der Waals surface area contributed by atoms with Crippen molar-refractivity contribution in [3.63, 3.8) is 0 Å². The van der Waals surface area contributed by atoms with Crippen LogP contribution in [0, 0.1) is 0 Å². The van der Waals surface area contributed by atoms with E-state index in [1.54, 1.807) is 13.3 Å². The maximum Gasteiger partial charge on any atom is 0.238 e. The number of benzene rings is 1. The third kappa shape index (κ3) is 5.30. The zero-order valence-corrected chi connectivity index (χ0v) is 14.6. The molecule has 2 heterocycles. The highest BCUT2D eigenvalue weighted by atomic mass is 16.5. The largest absolute Gasteiger partial charge is 0.497 e. The number of ether oxygens (including phenoxy) is 1. The summed E-state index contributed by atoms with van der Waals surface area (Å²) in [5, 5.41) is 2.94. The summed E-state index contributed by atoms with van der Waals surface area (Å²) in [6, 6.07) is 7.42. The second-order valence-corrected chi connectivity index (χ2v) is 6.22. The molecule has 1 fully saturated rings. The van der Waals surface area contributed by atoms with E-state index < -0.39 is 0 Å². The molecule has 0 saturated carbocycles. The van der Waals surface area contributed by atoms with Gasteiger partial charge < -0.3 is 15.0 Å². The highest BCUT2D eigenvalue weighted by molar-refractivity contribution is 5.92. The molecule has 0 radical (unpaired) electrons. The first-order chi connectivity index (χ1) is 12.2. The number of carbonyl (C=O) groups is 1. The first-order valence-corrected chi connectivity index (χ1v) is 8.60. The lowest BCUT2D eigenvalue weighted by Gasteiger charge is -2.20. The van der Waals surface area contributed by atoms with Crippen molar-refractivity contribution in [1.29, 1.82) is 0 Å². The summed E-state index contributed by atoms with van der Waals surface area (Å²) < 4.78 is 5.18. The Morgan fingerprint density at radius 2 is 2.12 bits per heavy atom. The summed E-state index contributed by atoms with van der Waals surface area (Å²) in [4.78, 5) is 24.3. The van der Waals surface area contributed by atoms with Gasteiger partial charge in [0.15, 0.2) is 0 Å². The fraction of sp³-hybridized carbons (Fsp3) is 0.444. The number of imidazole rings is 1. The SMILES string of the molecule is COc1cccc(NC(=O)CN2CCCN(Cc3ncc[nH]3)CC2)c1. The lowest BCUT2D eigenvalue weighted by atomic mass is 10.3. The van der Waals surface area contributed by atoms with E-state index >= 15 is 0 Å². The predicted molar refractivity (Wildman–Crippen MR) is 96.5 cm³/mol. The number of hydrogen-bond acceptors (Lipinski definition) is 5. The van der Waals surface area contributed by atoms with Gasteiger partial charge in [0.25, 0.3) is 0 Å². The van der Waals surface area contributed by atoms with E-state index in [-0.39, 0.29) is 5.91 Å². The maximum atomic E-state index is 12.3. The van der Waals surface area contributed by atoms with Crippen LogP contribution in [0.3, 0.4) is 0 Å².